The van der Waals surface area contributed by atoms with E-state index >= 15 is 0 Å². The van der Waals surface area contributed by atoms with Crippen molar-refractivity contribution >= 4 is 12.7 Å². The summed E-state index contributed by atoms with van der Waals surface area (Å²) in [6, 6.07) is 3.45. The van der Waals surface area contributed by atoms with Gasteiger partial charge in [-0.2, -0.15) is 0 Å². The summed E-state index contributed by atoms with van der Waals surface area (Å²) in [6.45, 7) is 0.0262. The first-order valence-corrected chi connectivity index (χ1v) is 6.67. The summed E-state index contributed by atoms with van der Waals surface area (Å²) >= 11 is 0. The Labute approximate surface area is 166 Å². The second-order valence-corrected chi connectivity index (χ2v) is 5.07. The van der Waals surface area contributed by atoms with Gasteiger partial charge in [0.25, 0.3) is 0 Å². The summed E-state index contributed by atoms with van der Waals surface area (Å²) in [5.74, 6) is 2.50. The summed E-state index contributed by atoms with van der Waals surface area (Å²) in [5.41, 5.74) is 2.20. The van der Waals surface area contributed by atoms with Crippen LogP contribution >= 0.6 is 0 Å². The van der Waals surface area contributed by atoms with Gasteiger partial charge in [0.1, 0.15) is 0 Å². The van der Waals surface area contributed by atoms with Crippen LogP contribution in [0.4, 0.5) is 18.6 Å². The smallest absolute Gasteiger partial charge is 0.449 e. The number of nitrogens with zero attached hydrogens (tertiary/aromatic N) is 1. The molecule has 108 valence electrons. The Morgan fingerprint density at radius 2 is 1.90 bits per heavy atom. The Hall–Kier alpha value is 0.0313. The third kappa shape index (κ3) is 5.31. The Kier molecular flexibility index (Phi) is 7.31. The van der Waals surface area contributed by atoms with E-state index in [2.05, 4.69) is 16.1 Å². The Balaban J connectivity index is 0.00000220. The van der Waals surface area contributed by atoms with Crippen molar-refractivity contribution in [3.05, 3.63) is 28.8 Å². The zero-order chi connectivity index (χ0) is 14.8. The molecule has 0 amide bonds. The molecule has 1 fully saturated rings. The molecule has 0 aliphatic carbocycles. The van der Waals surface area contributed by atoms with Crippen molar-refractivity contribution in [2.75, 3.05) is 31.1 Å². The van der Waals surface area contributed by atoms with Crippen molar-refractivity contribution in [2.45, 2.75) is 13.2 Å². The molecule has 0 spiro atoms. The molecular weight excluding hydrogens is 303 g/mol. The van der Waals surface area contributed by atoms with Crippen LogP contribution in [0.25, 0.3) is 0 Å². The molecule has 21 heavy (non-hydrogen) atoms. The average Bonchev–Trinajstić information content (AvgIpc) is 2.40. The first-order chi connectivity index (χ1) is 9.40. The average molecular weight is 320 g/mol. The van der Waals surface area contributed by atoms with Crippen LogP contribution in [0.3, 0.4) is 0 Å². The quantitative estimate of drug-likeness (QED) is 0.586. The van der Waals surface area contributed by atoms with Crippen molar-refractivity contribution in [3.8, 4) is 12.3 Å². The van der Waals surface area contributed by atoms with Crippen LogP contribution in [0.1, 0.15) is 16.7 Å². The molecule has 7 heteroatoms. The molecule has 1 saturated heterocycles. The van der Waals surface area contributed by atoms with Gasteiger partial charge in [-0.3, -0.25) is 0 Å². The predicted molar refractivity (Wildman–Crippen MR) is 77.0 cm³/mol. The minimum absolute atomic E-state index is 0. The molecule has 2 rings (SSSR count). The number of benzene rings is 1. The number of rotatable bonds is 3. The van der Waals surface area contributed by atoms with Crippen LogP contribution in [-0.2, 0) is 6.32 Å². The van der Waals surface area contributed by atoms with Crippen LogP contribution < -0.4 is 61.6 Å². The van der Waals surface area contributed by atoms with Crippen LogP contribution in [0.2, 0.25) is 0 Å². The zero-order valence-electron chi connectivity index (χ0n) is 12.4. The van der Waals surface area contributed by atoms with Crippen molar-refractivity contribution in [1.29, 1.82) is 0 Å². The van der Waals surface area contributed by atoms with Crippen molar-refractivity contribution in [2.24, 2.45) is 0 Å². The molecule has 0 aromatic heterocycles. The van der Waals surface area contributed by atoms with Gasteiger partial charge in [0.2, 0.25) is 0 Å². The van der Waals surface area contributed by atoms with Gasteiger partial charge in [-0.05, 0) is 24.6 Å². The number of hydrogen-bond donors (Lipinski definition) is 1. The van der Waals surface area contributed by atoms with E-state index in [1.807, 2.05) is 6.07 Å². The van der Waals surface area contributed by atoms with E-state index in [9.17, 15) is 12.9 Å². The van der Waals surface area contributed by atoms with Gasteiger partial charge in [0.05, 0.1) is 0 Å². The van der Waals surface area contributed by atoms with Crippen molar-refractivity contribution < 1.29 is 64.3 Å². The van der Waals surface area contributed by atoms with Gasteiger partial charge in [0, 0.05) is 37.4 Å². The second-order valence-electron chi connectivity index (χ2n) is 5.07. The van der Waals surface area contributed by atoms with E-state index in [0.717, 1.165) is 31.9 Å². The summed E-state index contributed by atoms with van der Waals surface area (Å²) in [5, 5.41) is 3.22. The molecule has 1 aliphatic rings. The van der Waals surface area contributed by atoms with Crippen LogP contribution in [0, 0.1) is 19.3 Å². The number of anilines is 1. The summed E-state index contributed by atoms with van der Waals surface area (Å²) in [7, 11) is 0. The van der Waals surface area contributed by atoms with Crippen LogP contribution in [0.15, 0.2) is 12.1 Å². The molecule has 1 N–H and O–H groups in total. The molecule has 0 radical (unpaired) electrons. The summed E-state index contributed by atoms with van der Waals surface area (Å²) in [6.07, 6.45) is 4.55. The molecule has 2 nitrogen and oxygen atoms in total. The fourth-order valence-electron chi connectivity index (χ4n) is 2.47. The number of halogens is 3. The normalized spacial score (nSPS) is 15.3. The van der Waals surface area contributed by atoms with Gasteiger partial charge in [-0.25, -0.2) is 0 Å². The largest absolute Gasteiger partial charge is 1.00 e. The van der Waals surface area contributed by atoms with Gasteiger partial charge in [-0.15, -0.1) is 6.42 Å². The topological polar surface area (TPSA) is 15.3 Å². The number of piperazine rings is 1. The number of hydrogen-bond acceptors (Lipinski definition) is 2. The van der Waals surface area contributed by atoms with Gasteiger partial charge >= 0.3 is 58.4 Å². The van der Waals surface area contributed by atoms with E-state index in [0.29, 0.717) is 16.7 Å². The van der Waals surface area contributed by atoms with Crippen LogP contribution in [0.5, 0.6) is 0 Å². The molecular formula is C14H17BF3KN2. The Bertz CT molecular complexity index is 534. The first-order valence-electron chi connectivity index (χ1n) is 6.67. The van der Waals surface area contributed by atoms with Gasteiger partial charge < -0.3 is 23.2 Å². The fourth-order valence-corrected chi connectivity index (χ4v) is 2.47. The molecule has 0 bridgehead atoms. The second kappa shape index (κ2) is 8.04. The minimum atomic E-state index is -4.86. The summed E-state index contributed by atoms with van der Waals surface area (Å²) in [4.78, 5) is 2.07. The van der Waals surface area contributed by atoms with E-state index < -0.39 is 13.3 Å². The zero-order valence-corrected chi connectivity index (χ0v) is 15.5. The maximum absolute atomic E-state index is 12.7. The molecule has 1 heterocycles. The molecule has 1 aromatic carbocycles. The molecule has 0 unspecified atom stereocenters. The standard InChI is InChI=1S/C14H17BF3N2.K/c1-3-12-8-14(20-6-4-19-5-7-20)9-13(11(12)2)10-15(16,17)18;/h1,8-9,19H,4-7,10H2,2H3;/q-1;+1. The Morgan fingerprint density at radius 1 is 1.29 bits per heavy atom. The van der Waals surface area contributed by atoms with Crippen molar-refractivity contribution in [3.63, 3.8) is 0 Å². The molecule has 0 atom stereocenters. The minimum Gasteiger partial charge on any atom is -0.449 e. The van der Waals surface area contributed by atoms with E-state index in [1.165, 1.54) is 0 Å². The Morgan fingerprint density at radius 3 is 2.43 bits per heavy atom. The monoisotopic (exact) mass is 320 g/mol. The maximum Gasteiger partial charge on any atom is 1.00 e. The van der Waals surface area contributed by atoms with E-state index in [4.69, 9.17) is 6.42 Å². The van der Waals surface area contributed by atoms with Crippen LogP contribution in [-0.4, -0.2) is 33.2 Å². The maximum atomic E-state index is 12.7. The number of terminal acetylenes is 1. The summed E-state index contributed by atoms with van der Waals surface area (Å²) < 4.78 is 38.2. The van der Waals surface area contributed by atoms with E-state index in [-0.39, 0.29) is 51.4 Å². The third-order valence-corrected chi connectivity index (χ3v) is 3.59. The number of nitrogens with one attached hydrogen (secondary N) is 1. The molecule has 1 aromatic rings. The predicted octanol–water partition coefficient (Wildman–Crippen LogP) is -0.681. The molecule has 1 aliphatic heterocycles. The molecule has 0 saturated carbocycles. The van der Waals surface area contributed by atoms with E-state index in [1.54, 1.807) is 13.0 Å². The SMILES string of the molecule is C#Cc1cc(N2CCNCC2)cc(C[B-](F)(F)F)c1C.[K+]. The van der Waals surface area contributed by atoms with Crippen molar-refractivity contribution in [1.82, 2.24) is 5.32 Å². The first kappa shape index (κ1) is 19.1. The van der Waals surface area contributed by atoms with Gasteiger partial charge in [-0.1, -0.05) is 17.8 Å². The third-order valence-electron chi connectivity index (χ3n) is 3.59. The fraction of sp³-hybridized carbons (Fsp3) is 0.429. The van der Waals surface area contributed by atoms with Gasteiger partial charge in [0.15, 0.2) is 0 Å².